The third-order valence-electron chi connectivity index (χ3n) is 4.87. The molecular weight excluding hydrogens is 361 g/mol. The van der Waals surface area contributed by atoms with E-state index in [0.717, 1.165) is 11.3 Å². The molecule has 0 spiro atoms. The molecule has 0 aromatic heterocycles. The van der Waals surface area contributed by atoms with Gasteiger partial charge < -0.3 is 10.0 Å². The average molecular weight is 379 g/mol. The van der Waals surface area contributed by atoms with Gasteiger partial charge in [-0.3, -0.25) is 4.79 Å². The number of benzene rings is 2. The Bertz CT molecular complexity index is 1030. The van der Waals surface area contributed by atoms with Crippen LogP contribution in [0.1, 0.15) is 27.9 Å². The van der Waals surface area contributed by atoms with Gasteiger partial charge in [0.2, 0.25) is 0 Å². The Hall–Kier alpha value is -3.48. The van der Waals surface area contributed by atoms with Crippen LogP contribution in [0.2, 0.25) is 0 Å². The molecule has 0 saturated carbocycles. The van der Waals surface area contributed by atoms with Crippen molar-refractivity contribution in [3.05, 3.63) is 76.7 Å². The van der Waals surface area contributed by atoms with Crippen molar-refractivity contribution in [1.82, 2.24) is 4.90 Å². The molecule has 0 radical (unpaired) electrons. The predicted octanol–water partition coefficient (Wildman–Crippen LogP) is 3.32. The monoisotopic (exact) mass is 379 g/mol. The quantitative estimate of drug-likeness (QED) is 0.884. The number of rotatable bonds is 4. The maximum atomic E-state index is 13.5. The van der Waals surface area contributed by atoms with Gasteiger partial charge in [0.1, 0.15) is 5.82 Å². The molecule has 2 heterocycles. The fraction of sp³-hybridized carbons (Fsp3) is 0.190. The molecule has 7 heteroatoms. The summed E-state index contributed by atoms with van der Waals surface area (Å²) in [5.41, 5.74) is 3.47. The van der Waals surface area contributed by atoms with Crippen LogP contribution in [0.25, 0.3) is 0 Å². The van der Waals surface area contributed by atoms with Gasteiger partial charge in [0.15, 0.2) is 0 Å². The summed E-state index contributed by atoms with van der Waals surface area (Å²) < 4.78 is 13.5. The molecule has 0 atom stereocenters. The fourth-order valence-electron chi connectivity index (χ4n) is 3.32. The van der Waals surface area contributed by atoms with E-state index in [1.807, 2.05) is 4.90 Å². The molecule has 2 aliphatic rings. The molecule has 142 valence electrons. The van der Waals surface area contributed by atoms with E-state index < -0.39 is 5.97 Å². The van der Waals surface area contributed by atoms with Gasteiger partial charge in [-0.1, -0.05) is 12.1 Å². The largest absolute Gasteiger partial charge is 0.478 e. The SMILES string of the molecule is Cc1cc(N2N=C3CCN(Cc4ccc(C(=O)O)cc4)C=C3C2=O)ccc1F. The summed E-state index contributed by atoms with van der Waals surface area (Å²) in [4.78, 5) is 25.8. The molecule has 0 bridgehead atoms. The highest BCUT2D eigenvalue weighted by atomic mass is 19.1. The Kier molecular flexibility index (Phi) is 4.43. The molecule has 0 fully saturated rings. The summed E-state index contributed by atoms with van der Waals surface area (Å²) in [7, 11) is 0. The van der Waals surface area contributed by atoms with Crippen LogP contribution < -0.4 is 5.01 Å². The highest BCUT2D eigenvalue weighted by molar-refractivity contribution is 6.30. The smallest absolute Gasteiger partial charge is 0.335 e. The average Bonchev–Trinajstić information content (AvgIpc) is 3.01. The van der Waals surface area contributed by atoms with Gasteiger partial charge in [-0.2, -0.15) is 10.1 Å². The maximum Gasteiger partial charge on any atom is 0.335 e. The molecule has 1 N–H and O–H groups in total. The lowest BCUT2D eigenvalue weighted by Crippen LogP contribution is -2.29. The van der Waals surface area contributed by atoms with Crippen LogP contribution in [-0.4, -0.2) is 34.1 Å². The number of fused-ring (bicyclic) bond motifs is 1. The Labute approximate surface area is 161 Å². The minimum Gasteiger partial charge on any atom is -0.478 e. The second kappa shape index (κ2) is 6.92. The standard InChI is InChI=1S/C21H18FN3O3/c1-13-10-16(6-7-18(13)22)25-20(26)17-12-24(9-8-19(17)23-25)11-14-2-4-15(5-3-14)21(27)28/h2-7,10,12H,8-9,11H2,1H3,(H,27,28). The van der Waals surface area contributed by atoms with Crippen LogP contribution in [0.4, 0.5) is 10.1 Å². The molecule has 1 amide bonds. The number of carbonyl (C=O) groups is 2. The lowest BCUT2D eigenvalue weighted by molar-refractivity contribution is -0.114. The second-order valence-corrected chi connectivity index (χ2v) is 6.86. The van der Waals surface area contributed by atoms with Crippen molar-refractivity contribution < 1.29 is 19.1 Å². The molecular formula is C21H18FN3O3. The molecule has 4 rings (SSSR count). The van der Waals surface area contributed by atoms with Crippen LogP contribution in [0.3, 0.4) is 0 Å². The third-order valence-corrected chi connectivity index (χ3v) is 4.87. The van der Waals surface area contributed by atoms with Gasteiger partial charge in [0.25, 0.3) is 5.91 Å². The maximum absolute atomic E-state index is 13.5. The van der Waals surface area contributed by atoms with E-state index in [-0.39, 0.29) is 17.3 Å². The molecule has 0 aliphatic carbocycles. The zero-order valence-electron chi connectivity index (χ0n) is 15.2. The number of carboxylic acid groups (broad SMARTS) is 1. The van der Waals surface area contributed by atoms with E-state index >= 15 is 0 Å². The lowest BCUT2D eigenvalue weighted by Gasteiger charge is -2.25. The first-order chi connectivity index (χ1) is 13.4. The summed E-state index contributed by atoms with van der Waals surface area (Å²) in [5.74, 6) is -1.51. The summed E-state index contributed by atoms with van der Waals surface area (Å²) in [5, 5.41) is 14.7. The number of carbonyl (C=O) groups excluding carboxylic acids is 1. The zero-order chi connectivity index (χ0) is 19.8. The first-order valence-electron chi connectivity index (χ1n) is 8.89. The first-order valence-corrected chi connectivity index (χ1v) is 8.89. The highest BCUT2D eigenvalue weighted by Gasteiger charge is 2.34. The van der Waals surface area contributed by atoms with E-state index in [4.69, 9.17) is 5.11 Å². The summed E-state index contributed by atoms with van der Waals surface area (Å²) in [6.45, 7) is 2.92. The van der Waals surface area contributed by atoms with E-state index in [2.05, 4.69) is 5.10 Å². The number of nitrogens with zero attached hydrogens (tertiary/aromatic N) is 3. The Morgan fingerprint density at radius 3 is 2.64 bits per heavy atom. The van der Waals surface area contributed by atoms with Crippen LogP contribution in [0, 0.1) is 12.7 Å². The van der Waals surface area contributed by atoms with Crippen molar-refractivity contribution in [2.24, 2.45) is 5.10 Å². The number of aryl methyl sites for hydroxylation is 1. The number of anilines is 1. The van der Waals surface area contributed by atoms with E-state index in [1.54, 1.807) is 49.5 Å². The molecule has 2 aliphatic heterocycles. The van der Waals surface area contributed by atoms with Gasteiger partial charge in [0.05, 0.1) is 22.5 Å². The minimum absolute atomic E-state index is 0.230. The highest BCUT2D eigenvalue weighted by Crippen LogP contribution is 2.29. The Morgan fingerprint density at radius 1 is 1.21 bits per heavy atom. The van der Waals surface area contributed by atoms with Crippen LogP contribution in [0.5, 0.6) is 0 Å². The molecule has 28 heavy (non-hydrogen) atoms. The van der Waals surface area contributed by atoms with E-state index in [9.17, 15) is 14.0 Å². The van der Waals surface area contributed by atoms with Crippen molar-refractivity contribution >= 4 is 23.3 Å². The molecule has 6 nitrogen and oxygen atoms in total. The van der Waals surface area contributed by atoms with Crippen LogP contribution in [0.15, 0.2) is 59.3 Å². The number of hydrogen-bond acceptors (Lipinski definition) is 4. The third kappa shape index (κ3) is 3.26. The topological polar surface area (TPSA) is 73.2 Å². The second-order valence-electron chi connectivity index (χ2n) is 6.86. The summed E-state index contributed by atoms with van der Waals surface area (Å²) >= 11 is 0. The Morgan fingerprint density at radius 2 is 1.96 bits per heavy atom. The van der Waals surface area contributed by atoms with E-state index in [0.29, 0.717) is 36.3 Å². The molecule has 2 aromatic carbocycles. The van der Waals surface area contributed by atoms with Crippen LogP contribution in [-0.2, 0) is 11.3 Å². The number of amides is 1. The van der Waals surface area contributed by atoms with Gasteiger partial charge in [-0.25, -0.2) is 9.18 Å². The van der Waals surface area contributed by atoms with Crippen molar-refractivity contribution in [1.29, 1.82) is 0 Å². The number of halogens is 1. The lowest BCUT2D eigenvalue weighted by atomic mass is 10.0. The van der Waals surface area contributed by atoms with Crippen molar-refractivity contribution in [2.75, 3.05) is 11.6 Å². The number of hydrogen-bond donors (Lipinski definition) is 1. The number of hydrazone groups is 1. The zero-order valence-corrected chi connectivity index (χ0v) is 15.2. The molecule has 0 saturated heterocycles. The van der Waals surface area contributed by atoms with Gasteiger partial charge in [0, 0.05) is 25.7 Å². The van der Waals surface area contributed by atoms with Crippen molar-refractivity contribution in [3.63, 3.8) is 0 Å². The number of aromatic carboxylic acids is 1. The molecule has 0 unspecified atom stereocenters. The van der Waals surface area contributed by atoms with E-state index in [1.165, 1.54) is 11.1 Å². The van der Waals surface area contributed by atoms with Crippen molar-refractivity contribution in [2.45, 2.75) is 19.9 Å². The molecule has 2 aromatic rings. The van der Waals surface area contributed by atoms with Gasteiger partial charge in [-0.15, -0.1) is 0 Å². The first kappa shape index (κ1) is 17.9. The van der Waals surface area contributed by atoms with Gasteiger partial charge >= 0.3 is 5.97 Å². The Balaban J connectivity index is 1.53. The predicted molar refractivity (Wildman–Crippen MR) is 103 cm³/mol. The normalized spacial score (nSPS) is 16.0. The summed E-state index contributed by atoms with van der Waals surface area (Å²) in [6.07, 6.45) is 2.42. The number of carboxylic acids is 1. The fourth-order valence-corrected chi connectivity index (χ4v) is 3.32. The van der Waals surface area contributed by atoms with Gasteiger partial charge in [-0.05, 0) is 48.4 Å². The summed E-state index contributed by atoms with van der Waals surface area (Å²) in [6, 6.07) is 11.2. The van der Waals surface area contributed by atoms with Crippen LogP contribution >= 0.6 is 0 Å². The van der Waals surface area contributed by atoms with Crippen molar-refractivity contribution in [3.8, 4) is 0 Å². The minimum atomic E-state index is -0.958.